The van der Waals surface area contributed by atoms with Crippen molar-refractivity contribution in [3.8, 4) is 0 Å². The second-order valence-electron chi connectivity index (χ2n) is 6.53. The molecular formula is C20H24FNO. The monoisotopic (exact) mass is 313 g/mol. The summed E-state index contributed by atoms with van der Waals surface area (Å²) in [5, 5.41) is 3.02. The molecule has 0 heterocycles. The molecule has 2 aromatic rings. The smallest absolute Gasteiger partial charge is 0.251 e. The van der Waals surface area contributed by atoms with Gasteiger partial charge in [0.1, 0.15) is 5.82 Å². The molecular weight excluding hydrogens is 289 g/mol. The Morgan fingerprint density at radius 1 is 0.957 bits per heavy atom. The lowest BCUT2D eigenvalue weighted by Crippen LogP contribution is -2.31. The molecule has 0 saturated heterocycles. The van der Waals surface area contributed by atoms with Crippen molar-refractivity contribution >= 4 is 5.91 Å². The van der Waals surface area contributed by atoms with E-state index in [0.717, 1.165) is 5.56 Å². The van der Waals surface area contributed by atoms with Gasteiger partial charge in [0.2, 0.25) is 0 Å². The van der Waals surface area contributed by atoms with Gasteiger partial charge in [-0.1, -0.05) is 58.0 Å². The van der Waals surface area contributed by atoms with E-state index in [0.29, 0.717) is 11.5 Å². The Bertz CT molecular complexity index is 662. The van der Waals surface area contributed by atoms with Gasteiger partial charge in [-0.25, -0.2) is 4.39 Å². The average Bonchev–Trinajstić information content (AvgIpc) is 2.52. The maximum atomic E-state index is 13.3. The largest absolute Gasteiger partial charge is 0.345 e. The van der Waals surface area contributed by atoms with Crippen molar-refractivity contribution in [2.75, 3.05) is 0 Å². The van der Waals surface area contributed by atoms with Gasteiger partial charge in [0.15, 0.2) is 0 Å². The van der Waals surface area contributed by atoms with Crippen molar-refractivity contribution in [3.63, 3.8) is 0 Å². The molecule has 3 heteroatoms. The predicted octanol–water partition coefficient (Wildman–Crippen LogP) is 5.08. The van der Waals surface area contributed by atoms with Crippen LogP contribution in [0.25, 0.3) is 0 Å². The number of hydrogen-bond donors (Lipinski definition) is 1. The van der Waals surface area contributed by atoms with Gasteiger partial charge in [0.25, 0.3) is 5.91 Å². The molecule has 0 aliphatic heterocycles. The molecule has 2 nitrogen and oxygen atoms in total. The molecule has 1 N–H and O–H groups in total. The summed E-state index contributed by atoms with van der Waals surface area (Å²) in [4.78, 5) is 12.4. The number of hydrogen-bond acceptors (Lipinski definition) is 1. The van der Waals surface area contributed by atoms with Crippen LogP contribution in [0.15, 0.2) is 48.5 Å². The Balaban J connectivity index is 2.20. The van der Waals surface area contributed by atoms with Gasteiger partial charge in [0.05, 0.1) is 6.04 Å². The Morgan fingerprint density at radius 2 is 1.57 bits per heavy atom. The van der Waals surface area contributed by atoms with Crippen LogP contribution in [0.4, 0.5) is 4.39 Å². The SMILES string of the molecule is CC(C)c1ccc([C@@H](NC(=O)c2cccc(F)c2)C(C)C)cc1. The van der Waals surface area contributed by atoms with Crippen LogP contribution in [0.5, 0.6) is 0 Å². The topological polar surface area (TPSA) is 29.1 Å². The first-order chi connectivity index (χ1) is 10.9. The Morgan fingerprint density at radius 3 is 2.09 bits per heavy atom. The number of carbonyl (C=O) groups is 1. The average molecular weight is 313 g/mol. The van der Waals surface area contributed by atoms with E-state index in [2.05, 4.69) is 57.3 Å². The molecule has 0 aromatic heterocycles. The summed E-state index contributed by atoms with van der Waals surface area (Å²) in [5.41, 5.74) is 2.68. The standard InChI is InChI=1S/C20H24FNO/c1-13(2)15-8-10-16(11-9-15)19(14(3)4)22-20(23)17-6-5-7-18(21)12-17/h5-14,19H,1-4H3,(H,22,23)/t19-/m0/s1. The molecule has 0 fully saturated rings. The first-order valence-corrected chi connectivity index (χ1v) is 8.04. The minimum absolute atomic E-state index is 0.105. The van der Waals surface area contributed by atoms with Crippen LogP contribution in [0, 0.1) is 11.7 Å². The summed E-state index contributed by atoms with van der Waals surface area (Å²) in [6, 6.07) is 14.0. The quantitative estimate of drug-likeness (QED) is 0.819. The number of carbonyl (C=O) groups excluding carboxylic acids is 1. The van der Waals surface area contributed by atoms with Gasteiger partial charge in [-0.05, 0) is 41.2 Å². The van der Waals surface area contributed by atoms with Gasteiger partial charge >= 0.3 is 0 Å². The third kappa shape index (κ3) is 4.41. The fourth-order valence-electron chi connectivity index (χ4n) is 2.58. The van der Waals surface area contributed by atoms with Gasteiger partial charge in [0, 0.05) is 5.56 Å². The lowest BCUT2D eigenvalue weighted by atomic mass is 9.93. The molecule has 0 bridgehead atoms. The molecule has 2 rings (SSSR count). The molecule has 0 saturated carbocycles. The zero-order valence-corrected chi connectivity index (χ0v) is 14.1. The summed E-state index contributed by atoms with van der Waals surface area (Å²) in [7, 11) is 0. The van der Waals surface area contributed by atoms with Crippen LogP contribution in [-0.4, -0.2) is 5.91 Å². The van der Waals surface area contributed by atoms with Crippen LogP contribution in [0.2, 0.25) is 0 Å². The highest BCUT2D eigenvalue weighted by Gasteiger charge is 2.19. The summed E-state index contributed by atoms with van der Waals surface area (Å²) >= 11 is 0. The van der Waals surface area contributed by atoms with E-state index in [4.69, 9.17) is 0 Å². The van der Waals surface area contributed by atoms with E-state index in [1.54, 1.807) is 12.1 Å². The fourth-order valence-corrected chi connectivity index (χ4v) is 2.58. The minimum Gasteiger partial charge on any atom is -0.345 e. The molecule has 0 radical (unpaired) electrons. The number of halogens is 1. The lowest BCUT2D eigenvalue weighted by molar-refractivity contribution is 0.0925. The van der Waals surface area contributed by atoms with Crippen molar-refractivity contribution in [1.29, 1.82) is 0 Å². The molecule has 0 aliphatic rings. The van der Waals surface area contributed by atoms with Gasteiger partial charge in [-0.3, -0.25) is 4.79 Å². The Kier molecular flexibility index (Phi) is 5.54. The zero-order chi connectivity index (χ0) is 17.0. The maximum absolute atomic E-state index is 13.3. The van der Waals surface area contributed by atoms with E-state index < -0.39 is 5.82 Å². The van der Waals surface area contributed by atoms with Gasteiger partial charge in [-0.15, -0.1) is 0 Å². The summed E-state index contributed by atoms with van der Waals surface area (Å²) < 4.78 is 13.3. The summed E-state index contributed by atoms with van der Waals surface area (Å²) in [6.07, 6.45) is 0. The molecule has 1 atom stereocenters. The third-order valence-electron chi connectivity index (χ3n) is 4.00. The van der Waals surface area contributed by atoms with Crippen LogP contribution in [0.1, 0.15) is 61.1 Å². The van der Waals surface area contributed by atoms with Crippen LogP contribution < -0.4 is 5.32 Å². The highest BCUT2D eigenvalue weighted by atomic mass is 19.1. The fraction of sp³-hybridized carbons (Fsp3) is 0.350. The maximum Gasteiger partial charge on any atom is 0.251 e. The first-order valence-electron chi connectivity index (χ1n) is 8.04. The van der Waals surface area contributed by atoms with Crippen molar-refractivity contribution in [3.05, 3.63) is 71.0 Å². The predicted molar refractivity (Wildman–Crippen MR) is 92.0 cm³/mol. The third-order valence-corrected chi connectivity index (χ3v) is 4.00. The minimum atomic E-state index is -0.403. The second kappa shape index (κ2) is 7.40. The molecule has 0 aliphatic carbocycles. The molecule has 0 unspecified atom stereocenters. The number of benzene rings is 2. The van der Waals surface area contributed by atoms with Crippen molar-refractivity contribution < 1.29 is 9.18 Å². The number of nitrogens with one attached hydrogen (secondary N) is 1. The highest BCUT2D eigenvalue weighted by molar-refractivity contribution is 5.94. The Hall–Kier alpha value is -2.16. The van der Waals surface area contributed by atoms with E-state index in [1.807, 2.05) is 0 Å². The van der Waals surface area contributed by atoms with Crippen LogP contribution in [0.3, 0.4) is 0 Å². The van der Waals surface area contributed by atoms with Gasteiger partial charge < -0.3 is 5.32 Å². The van der Waals surface area contributed by atoms with Crippen molar-refractivity contribution in [2.24, 2.45) is 5.92 Å². The molecule has 2 aromatic carbocycles. The molecule has 0 spiro atoms. The summed E-state index contributed by atoms with van der Waals surface area (Å²) in [6.45, 7) is 8.43. The van der Waals surface area contributed by atoms with Crippen LogP contribution >= 0.6 is 0 Å². The molecule has 122 valence electrons. The highest BCUT2D eigenvalue weighted by Crippen LogP contribution is 2.24. The Labute approximate surface area is 137 Å². The van der Waals surface area contributed by atoms with E-state index in [1.165, 1.54) is 17.7 Å². The number of rotatable bonds is 5. The number of amides is 1. The van der Waals surface area contributed by atoms with E-state index >= 15 is 0 Å². The van der Waals surface area contributed by atoms with E-state index in [-0.39, 0.29) is 17.9 Å². The second-order valence-corrected chi connectivity index (χ2v) is 6.53. The normalized spacial score (nSPS) is 12.5. The van der Waals surface area contributed by atoms with Crippen molar-refractivity contribution in [2.45, 2.75) is 39.7 Å². The first kappa shape index (κ1) is 17.2. The van der Waals surface area contributed by atoms with E-state index in [9.17, 15) is 9.18 Å². The molecule has 1 amide bonds. The zero-order valence-electron chi connectivity index (χ0n) is 14.1. The van der Waals surface area contributed by atoms with Crippen LogP contribution in [-0.2, 0) is 0 Å². The van der Waals surface area contributed by atoms with Crippen molar-refractivity contribution in [1.82, 2.24) is 5.32 Å². The molecule has 23 heavy (non-hydrogen) atoms. The lowest BCUT2D eigenvalue weighted by Gasteiger charge is -2.23. The van der Waals surface area contributed by atoms with Gasteiger partial charge in [-0.2, -0.15) is 0 Å². The summed E-state index contributed by atoms with van der Waals surface area (Å²) in [5.74, 6) is 0.0528.